The number of nitrogens with zero attached hydrogens (tertiary/aromatic N) is 1. The zero-order chi connectivity index (χ0) is 18.0. The fourth-order valence-electron chi connectivity index (χ4n) is 2.66. The van der Waals surface area contributed by atoms with Crippen molar-refractivity contribution in [1.82, 2.24) is 4.90 Å². The van der Waals surface area contributed by atoms with Gasteiger partial charge in [0.25, 0.3) is 0 Å². The molecule has 1 fully saturated rings. The van der Waals surface area contributed by atoms with Crippen LogP contribution in [0.2, 0.25) is 15.1 Å². The summed E-state index contributed by atoms with van der Waals surface area (Å²) < 4.78 is 5.74. The van der Waals surface area contributed by atoms with Crippen LogP contribution in [0.3, 0.4) is 0 Å². The smallest absolute Gasteiger partial charge is 0.309 e. The predicted octanol–water partition coefficient (Wildman–Crippen LogP) is 4.74. The number of benzene rings is 2. The SMILES string of the molecule is O=C(O)C1CN(Cc2ccc(OCc3ccc(Cl)c(Cl)c3)c(Cl)c2)C1. The second-order valence-corrected chi connectivity index (χ2v) is 7.25. The van der Waals surface area contributed by atoms with E-state index in [9.17, 15) is 4.79 Å². The molecule has 0 aliphatic carbocycles. The van der Waals surface area contributed by atoms with Crippen LogP contribution in [-0.4, -0.2) is 29.1 Å². The number of hydrogen-bond donors (Lipinski definition) is 1. The maximum atomic E-state index is 10.8. The summed E-state index contributed by atoms with van der Waals surface area (Å²) in [7, 11) is 0. The van der Waals surface area contributed by atoms with E-state index < -0.39 is 5.97 Å². The molecule has 2 aromatic rings. The minimum Gasteiger partial charge on any atom is -0.487 e. The van der Waals surface area contributed by atoms with E-state index in [0.29, 0.717) is 47.1 Å². The van der Waals surface area contributed by atoms with Crippen molar-refractivity contribution in [3.63, 3.8) is 0 Å². The maximum Gasteiger partial charge on any atom is 0.309 e. The van der Waals surface area contributed by atoms with Crippen LogP contribution < -0.4 is 4.74 Å². The Kier molecular flexibility index (Phi) is 5.74. The summed E-state index contributed by atoms with van der Waals surface area (Å²) in [5.74, 6) is -0.409. The third-order valence-electron chi connectivity index (χ3n) is 4.09. The standard InChI is InChI=1S/C18H16Cl3NO3/c19-14-3-1-12(6-15(14)20)10-25-17-4-2-11(5-16(17)21)7-22-8-13(9-22)18(23)24/h1-6,13H,7-10H2,(H,23,24). The molecule has 1 aliphatic rings. The van der Waals surface area contributed by atoms with Crippen molar-refractivity contribution >= 4 is 40.8 Å². The average molecular weight is 401 g/mol. The minimum absolute atomic E-state index is 0.260. The zero-order valence-corrected chi connectivity index (χ0v) is 15.5. The van der Waals surface area contributed by atoms with Gasteiger partial charge in [-0.15, -0.1) is 0 Å². The Balaban J connectivity index is 1.56. The van der Waals surface area contributed by atoms with Crippen LogP contribution in [0.15, 0.2) is 36.4 Å². The topological polar surface area (TPSA) is 49.8 Å². The lowest BCUT2D eigenvalue weighted by atomic mass is 9.99. The first-order chi connectivity index (χ1) is 11.9. The van der Waals surface area contributed by atoms with Crippen molar-refractivity contribution in [2.75, 3.05) is 13.1 Å². The summed E-state index contributed by atoms with van der Waals surface area (Å²) in [6.07, 6.45) is 0. The van der Waals surface area contributed by atoms with Crippen LogP contribution >= 0.6 is 34.8 Å². The van der Waals surface area contributed by atoms with Crippen LogP contribution in [0, 0.1) is 5.92 Å². The third-order valence-corrected chi connectivity index (χ3v) is 5.12. The fourth-order valence-corrected chi connectivity index (χ4v) is 3.24. The number of carbonyl (C=O) groups is 1. The minimum atomic E-state index is -0.736. The van der Waals surface area contributed by atoms with Crippen molar-refractivity contribution < 1.29 is 14.6 Å². The van der Waals surface area contributed by atoms with E-state index >= 15 is 0 Å². The van der Waals surface area contributed by atoms with E-state index in [-0.39, 0.29) is 5.92 Å². The Bertz CT molecular complexity index is 791. The van der Waals surface area contributed by atoms with E-state index in [1.807, 2.05) is 24.3 Å². The number of aliphatic carboxylic acids is 1. The second kappa shape index (κ2) is 7.83. The molecule has 1 aliphatic heterocycles. The van der Waals surface area contributed by atoms with Crippen LogP contribution in [0.1, 0.15) is 11.1 Å². The molecule has 0 spiro atoms. The molecule has 4 nitrogen and oxygen atoms in total. The highest BCUT2D eigenvalue weighted by Gasteiger charge is 2.32. The molecular formula is C18H16Cl3NO3. The van der Waals surface area contributed by atoms with E-state index in [2.05, 4.69) is 4.90 Å². The van der Waals surface area contributed by atoms with Gasteiger partial charge in [-0.25, -0.2) is 0 Å². The van der Waals surface area contributed by atoms with Gasteiger partial charge in [-0.3, -0.25) is 9.69 Å². The van der Waals surface area contributed by atoms with Crippen molar-refractivity contribution in [3.05, 3.63) is 62.6 Å². The van der Waals surface area contributed by atoms with Crippen LogP contribution in [0.5, 0.6) is 5.75 Å². The van der Waals surface area contributed by atoms with Gasteiger partial charge in [-0.1, -0.05) is 46.9 Å². The van der Waals surface area contributed by atoms with E-state index in [0.717, 1.165) is 11.1 Å². The molecule has 132 valence electrons. The van der Waals surface area contributed by atoms with Gasteiger partial charge >= 0.3 is 5.97 Å². The highest BCUT2D eigenvalue weighted by atomic mass is 35.5. The lowest BCUT2D eigenvalue weighted by Crippen LogP contribution is -2.49. The number of likely N-dealkylation sites (tertiary alicyclic amines) is 1. The Labute approximate surface area is 160 Å². The normalized spacial score (nSPS) is 15.0. The first-order valence-corrected chi connectivity index (χ1v) is 8.86. The molecule has 1 N–H and O–H groups in total. The van der Waals surface area contributed by atoms with Gasteiger partial charge in [0.2, 0.25) is 0 Å². The van der Waals surface area contributed by atoms with Gasteiger partial charge in [0, 0.05) is 19.6 Å². The molecule has 0 unspecified atom stereocenters. The predicted molar refractivity (Wildman–Crippen MR) is 98.6 cm³/mol. The van der Waals surface area contributed by atoms with Gasteiger partial charge in [0.15, 0.2) is 0 Å². The van der Waals surface area contributed by atoms with Crippen molar-refractivity contribution in [2.45, 2.75) is 13.2 Å². The molecule has 7 heteroatoms. The molecule has 25 heavy (non-hydrogen) atoms. The number of carboxylic acids is 1. The van der Waals surface area contributed by atoms with Crippen molar-refractivity contribution in [1.29, 1.82) is 0 Å². The lowest BCUT2D eigenvalue weighted by molar-refractivity contribution is -0.147. The van der Waals surface area contributed by atoms with Crippen LogP contribution in [0.4, 0.5) is 0 Å². The fraction of sp³-hybridized carbons (Fsp3) is 0.278. The summed E-state index contributed by atoms with van der Waals surface area (Å²) >= 11 is 18.2. The van der Waals surface area contributed by atoms with Gasteiger partial charge in [0.1, 0.15) is 12.4 Å². The molecule has 0 amide bonds. The number of ether oxygens (including phenoxy) is 1. The van der Waals surface area contributed by atoms with E-state index in [1.165, 1.54) is 0 Å². The third kappa shape index (κ3) is 4.59. The zero-order valence-electron chi connectivity index (χ0n) is 13.2. The summed E-state index contributed by atoms with van der Waals surface area (Å²) in [4.78, 5) is 12.9. The largest absolute Gasteiger partial charge is 0.487 e. The lowest BCUT2D eigenvalue weighted by Gasteiger charge is -2.36. The number of rotatable bonds is 6. The molecule has 1 saturated heterocycles. The Morgan fingerprint density at radius 2 is 1.72 bits per heavy atom. The maximum absolute atomic E-state index is 10.8. The molecule has 0 saturated carbocycles. The van der Waals surface area contributed by atoms with Gasteiger partial charge in [-0.2, -0.15) is 0 Å². The molecular weight excluding hydrogens is 385 g/mol. The number of carboxylic acid groups (broad SMARTS) is 1. The van der Waals surface area contributed by atoms with Gasteiger partial charge in [0.05, 0.1) is 21.0 Å². The molecule has 0 aromatic heterocycles. The molecule has 3 rings (SSSR count). The second-order valence-electron chi connectivity index (χ2n) is 6.03. The van der Waals surface area contributed by atoms with Crippen LogP contribution in [0.25, 0.3) is 0 Å². The van der Waals surface area contributed by atoms with Crippen molar-refractivity contribution in [3.8, 4) is 5.75 Å². The Morgan fingerprint density at radius 1 is 1.04 bits per heavy atom. The van der Waals surface area contributed by atoms with E-state index in [4.69, 9.17) is 44.6 Å². The molecule has 2 aromatic carbocycles. The highest BCUT2D eigenvalue weighted by molar-refractivity contribution is 6.42. The summed E-state index contributed by atoms with van der Waals surface area (Å²) in [5.41, 5.74) is 1.92. The molecule has 0 bridgehead atoms. The first-order valence-electron chi connectivity index (χ1n) is 7.72. The molecule has 0 atom stereocenters. The summed E-state index contributed by atoms with van der Waals surface area (Å²) in [6, 6.07) is 10.9. The summed E-state index contributed by atoms with van der Waals surface area (Å²) in [5, 5.41) is 10.4. The van der Waals surface area contributed by atoms with Gasteiger partial charge < -0.3 is 9.84 Å². The Hall–Kier alpha value is -1.46. The number of halogens is 3. The molecule has 0 radical (unpaired) electrons. The quantitative estimate of drug-likeness (QED) is 0.761. The first kappa shape index (κ1) is 18.3. The Morgan fingerprint density at radius 3 is 2.36 bits per heavy atom. The highest BCUT2D eigenvalue weighted by Crippen LogP contribution is 2.29. The average Bonchev–Trinajstić information content (AvgIpc) is 2.52. The van der Waals surface area contributed by atoms with Crippen LogP contribution in [-0.2, 0) is 17.9 Å². The molecule has 1 heterocycles. The van der Waals surface area contributed by atoms with Crippen molar-refractivity contribution in [2.24, 2.45) is 5.92 Å². The van der Waals surface area contributed by atoms with E-state index in [1.54, 1.807) is 12.1 Å². The summed E-state index contributed by atoms with van der Waals surface area (Å²) in [6.45, 7) is 2.16. The van der Waals surface area contributed by atoms with Gasteiger partial charge in [-0.05, 0) is 35.4 Å². The monoisotopic (exact) mass is 399 g/mol. The number of hydrogen-bond acceptors (Lipinski definition) is 3.